The molecule has 5 rings (SSSR count). The van der Waals surface area contributed by atoms with Gasteiger partial charge >= 0.3 is 0 Å². The molecule has 0 fully saturated rings. The van der Waals surface area contributed by atoms with E-state index in [4.69, 9.17) is 4.52 Å². The molecular weight excluding hydrogens is 497 g/mol. The lowest BCUT2D eigenvalue weighted by atomic mass is 10.1. The largest absolute Gasteiger partial charge is 0.360 e. The first-order valence-electron chi connectivity index (χ1n) is 11.8. The highest BCUT2D eigenvalue weighted by molar-refractivity contribution is 7.89. The molecule has 0 saturated carbocycles. The fourth-order valence-corrected chi connectivity index (χ4v) is 6.47. The zero-order chi connectivity index (χ0) is 26.3. The van der Waals surface area contributed by atoms with Crippen LogP contribution in [0.4, 0.5) is 10.1 Å². The maximum atomic E-state index is 14.6. The number of amides is 1. The fraction of sp³-hybridized carbons (Fsp3) is 0.269. The summed E-state index contributed by atoms with van der Waals surface area (Å²) in [6.45, 7) is 3.57. The number of carbonyl (C=O) groups excluding carboxylic acids is 1. The lowest BCUT2D eigenvalue weighted by Crippen LogP contribution is -2.37. The van der Waals surface area contributed by atoms with E-state index in [0.29, 0.717) is 23.5 Å². The Bertz CT molecular complexity index is 1560. The second kappa shape index (κ2) is 9.56. The van der Waals surface area contributed by atoms with Gasteiger partial charge in [-0.2, -0.15) is 9.40 Å². The second-order valence-electron chi connectivity index (χ2n) is 8.94. The van der Waals surface area contributed by atoms with Crippen LogP contribution in [0.3, 0.4) is 0 Å². The minimum Gasteiger partial charge on any atom is -0.360 e. The molecule has 37 heavy (non-hydrogen) atoms. The highest BCUT2D eigenvalue weighted by Gasteiger charge is 2.36. The van der Waals surface area contributed by atoms with Crippen molar-refractivity contribution in [3.8, 4) is 0 Å². The van der Waals surface area contributed by atoms with E-state index >= 15 is 0 Å². The summed E-state index contributed by atoms with van der Waals surface area (Å²) in [6.07, 6.45) is 0.452. The quantitative estimate of drug-likeness (QED) is 0.382. The Hall–Kier alpha value is -3.83. The van der Waals surface area contributed by atoms with Crippen LogP contribution in [-0.4, -0.2) is 40.1 Å². The highest BCUT2D eigenvalue weighted by atomic mass is 32.2. The van der Waals surface area contributed by atoms with Crippen LogP contribution in [0.5, 0.6) is 0 Å². The number of anilines is 1. The zero-order valence-corrected chi connectivity index (χ0v) is 21.5. The van der Waals surface area contributed by atoms with Gasteiger partial charge in [0.2, 0.25) is 10.0 Å². The Morgan fingerprint density at radius 1 is 1.11 bits per heavy atom. The predicted octanol–water partition coefficient (Wildman–Crippen LogP) is 3.76. The van der Waals surface area contributed by atoms with Crippen LogP contribution in [0, 0.1) is 19.7 Å². The maximum absolute atomic E-state index is 14.6. The van der Waals surface area contributed by atoms with Crippen LogP contribution in [0.1, 0.15) is 38.8 Å². The molecule has 0 atom stereocenters. The van der Waals surface area contributed by atoms with E-state index < -0.39 is 21.7 Å². The average molecular weight is 524 g/mol. The molecule has 1 aliphatic rings. The van der Waals surface area contributed by atoms with Crippen molar-refractivity contribution >= 4 is 21.6 Å². The zero-order valence-electron chi connectivity index (χ0n) is 20.7. The van der Waals surface area contributed by atoms with Crippen LogP contribution in [0.15, 0.2) is 64.0 Å². The van der Waals surface area contributed by atoms with Gasteiger partial charge in [0.05, 0.1) is 17.8 Å². The van der Waals surface area contributed by atoms with Gasteiger partial charge in [-0.3, -0.25) is 9.48 Å². The Balaban J connectivity index is 1.52. The molecule has 2 aromatic heterocycles. The van der Waals surface area contributed by atoms with Crippen molar-refractivity contribution in [2.45, 2.75) is 38.3 Å². The number of halogens is 1. The van der Waals surface area contributed by atoms with E-state index in [2.05, 4.69) is 10.3 Å². The Morgan fingerprint density at radius 2 is 1.81 bits per heavy atom. The van der Waals surface area contributed by atoms with Gasteiger partial charge in [-0.15, -0.1) is 0 Å². The number of hydrogen-bond acceptors (Lipinski definition) is 6. The summed E-state index contributed by atoms with van der Waals surface area (Å²) >= 11 is 0. The van der Waals surface area contributed by atoms with Gasteiger partial charge in [0, 0.05) is 43.5 Å². The average Bonchev–Trinajstić information content (AvgIpc) is 3.40. The molecule has 0 spiro atoms. The van der Waals surface area contributed by atoms with Crippen LogP contribution in [0.25, 0.3) is 0 Å². The maximum Gasteiger partial charge on any atom is 0.261 e. The SMILES string of the molecule is Cc1noc(C)c1S(=O)(=O)N1CCc2c(c(CN(C(=O)c3ccccc3F)c3ccccc3)nn2C)C1. The topological polar surface area (TPSA) is 102 Å². The number of fused-ring (bicyclic) bond motifs is 1. The van der Waals surface area contributed by atoms with Gasteiger partial charge in [-0.1, -0.05) is 35.5 Å². The third-order valence-electron chi connectivity index (χ3n) is 6.58. The molecule has 0 N–H and O–H groups in total. The van der Waals surface area contributed by atoms with E-state index in [1.807, 2.05) is 6.07 Å². The van der Waals surface area contributed by atoms with Gasteiger partial charge in [-0.05, 0) is 38.1 Å². The molecule has 0 radical (unpaired) electrons. The molecule has 0 bridgehead atoms. The van der Waals surface area contributed by atoms with Crippen LogP contribution in [0.2, 0.25) is 0 Å². The predicted molar refractivity (Wildman–Crippen MR) is 134 cm³/mol. The van der Waals surface area contributed by atoms with Gasteiger partial charge in [0.1, 0.15) is 16.4 Å². The number of para-hydroxylation sites is 1. The molecule has 4 aromatic rings. The van der Waals surface area contributed by atoms with Crippen molar-refractivity contribution in [1.82, 2.24) is 19.2 Å². The van der Waals surface area contributed by atoms with Gasteiger partial charge in [0.25, 0.3) is 5.91 Å². The van der Waals surface area contributed by atoms with E-state index in [9.17, 15) is 17.6 Å². The number of aromatic nitrogens is 3. The highest BCUT2D eigenvalue weighted by Crippen LogP contribution is 2.31. The van der Waals surface area contributed by atoms with E-state index in [-0.39, 0.29) is 35.9 Å². The number of aryl methyl sites for hydroxylation is 3. The van der Waals surface area contributed by atoms with Gasteiger partial charge < -0.3 is 9.42 Å². The monoisotopic (exact) mass is 523 g/mol. The van der Waals surface area contributed by atoms with Crippen molar-refractivity contribution in [3.63, 3.8) is 0 Å². The summed E-state index contributed by atoms with van der Waals surface area (Å²) in [4.78, 5) is 15.1. The molecular formula is C26H26FN5O4S. The number of nitrogens with zero attached hydrogens (tertiary/aromatic N) is 5. The number of carbonyl (C=O) groups is 1. The molecule has 192 valence electrons. The minimum absolute atomic E-state index is 0.0412. The van der Waals surface area contributed by atoms with E-state index in [1.165, 1.54) is 27.4 Å². The minimum atomic E-state index is -3.87. The number of hydrogen-bond donors (Lipinski definition) is 0. The molecule has 0 saturated heterocycles. The first-order chi connectivity index (χ1) is 17.7. The Labute approximate surface area is 214 Å². The summed E-state index contributed by atoms with van der Waals surface area (Å²) in [6, 6.07) is 14.8. The van der Waals surface area contributed by atoms with Crippen molar-refractivity contribution in [1.29, 1.82) is 0 Å². The van der Waals surface area contributed by atoms with Crippen LogP contribution >= 0.6 is 0 Å². The Kier molecular flexibility index (Phi) is 6.42. The molecule has 11 heteroatoms. The van der Waals surface area contributed by atoms with Crippen molar-refractivity contribution in [2.24, 2.45) is 7.05 Å². The number of rotatable bonds is 6. The Morgan fingerprint density at radius 3 is 2.49 bits per heavy atom. The summed E-state index contributed by atoms with van der Waals surface area (Å²) < 4.78 is 49.7. The normalized spacial score (nSPS) is 13.9. The third kappa shape index (κ3) is 4.44. The summed E-state index contributed by atoms with van der Waals surface area (Å²) in [5, 5.41) is 8.45. The number of sulfonamides is 1. The molecule has 2 aromatic carbocycles. The fourth-order valence-electron chi connectivity index (χ4n) is 4.77. The van der Waals surface area contributed by atoms with Crippen LogP contribution in [-0.2, 0) is 36.6 Å². The molecule has 1 amide bonds. The second-order valence-corrected chi connectivity index (χ2v) is 10.8. The van der Waals surface area contributed by atoms with Crippen LogP contribution < -0.4 is 4.90 Å². The summed E-state index contributed by atoms with van der Waals surface area (Å²) in [7, 11) is -2.07. The lowest BCUT2D eigenvalue weighted by molar-refractivity contribution is 0.0980. The van der Waals surface area contributed by atoms with Gasteiger partial charge in [-0.25, -0.2) is 12.8 Å². The van der Waals surface area contributed by atoms with E-state index in [0.717, 1.165) is 11.3 Å². The molecule has 9 nitrogen and oxygen atoms in total. The summed E-state index contributed by atoms with van der Waals surface area (Å²) in [5.41, 5.74) is 2.99. The standard InChI is InChI=1S/C26H26FN5O4S/c1-17-25(18(2)36-29-17)37(34,35)31-14-13-24-21(15-31)23(28-30(24)3)16-32(19-9-5-4-6-10-19)26(33)20-11-7-8-12-22(20)27/h4-12H,13-16H2,1-3H3. The van der Waals surface area contributed by atoms with Crippen molar-refractivity contribution in [3.05, 3.63) is 94.4 Å². The first kappa shape index (κ1) is 24.8. The third-order valence-corrected chi connectivity index (χ3v) is 8.67. The van der Waals surface area contributed by atoms with Crippen molar-refractivity contribution < 1.29 is 22.1 Å². The van der Waals surface area contributed by atoms with Gasteiger partial charge in [0.15, 0.2) is 5.76 Å². The number of benzene rings is 2. The lowest BCUT2D eigenvalue weighted by Gasteiger charge is -2.28. The smallest absolute Gasteiger partial charge is 0.261 e. The first-order valence-corrected chi connectivity index (χ1v) is 13.2. The summed E-state index contributed by atoms with van der Waals surface area (Å²) in [5.74, 6) is -0.895. The van der Waals surface area contributed by atoms with Crippen molar-refractivity contribution in [2.75, 3.05) is 11.4 Å². The molecule has 3 heterocycles. The molecule has 0 aliphatic carbocycles. The van der Waals surface area contributed by atoms with E-state index in [1.54, 1.807) is 55.9 Å². The molecule has 1 aliphatic heterocycles. The molecule has 0 unspecified atom stereocenters.